The van der Waals surface area contributed by atoms with Gasteiger partial charge in [-0.25, -0.2) is 14.4 Å². The molecule has 4 nitrogen and oxygen atoms in total. The maximum Gasteiger partial charge on any atom is 0.272 e. The molecule has 0 radical (unpaired) electrons. The molecule has 0 spiro atoms. The molecule has 1 N–H and O–H groups in total. The molecular formula is C16H17ClFN3OS. The highest BCUT2D eigenvalue weighted by Gasteiger charge is 2.24. The Balaban J connectivity index is 2.13. The number of amides is 1. The van der Waals surface area contributed by atoms with Crippen LogP contribution in [0, 0.1) is 5.82 Å². The van der Waals surface area contributed by atoms with Gasteiger partial charge in [0, 0.05) is 5.54 Å². The summed E-state index contributed by atoms with van der Waals surface area (Å²) < 4.78 is 13.0. The Kier molecular flexibility index (Phi) is 5.59. The molecule has 23 heavy (non-hydrogen) atoms. The van der Waals surface area contributed by atoms with E-state index >= 15 is 0 Å². The van der Waals surface area contributed by atoms with Crippen molar-refractivity contribution in [2.45, 2.75) is 31.0 Å². The van der Waals surface area contributed by atoms with Crippen molar-refractivity contribution in [2.24, 2.45) is 0 Å². The molecule has 0 atom stereocenters. The maximum atomic E-state index is 13.0. The quantitative estimate of drug-likeness (QED) is 0.657. The van der Waals surface area contributed by atoms with E-state index in [4.69, 9.17) is 11.6 Å². The summed E-state index contributed by atoms with van der Waals surface area (Å²) in [5.41, 5.74) is 0.538. The van der Waals surface area contributed by atoms with Gasteiger partial charge in [-0.3, -0.25) is 4.79 Å². The first-order chi connectivity index (χ1) is 10.8. The standard InChI is InChI=1S/C16H17ClFN3OS/c1-16(2,8-10-4-6-11(18)7-5-10)21-14(22)13-12(17)9-19-15(20-13)23-3/h4-7,9H,8H2,1-3H3,(H,21,22). The first kappa shape index (κ1) is 17.7. The van der Waals surface area contributed by atoms with E-state index in [1.54, 1.807) is 12.1 Å². The van der Waals surface area contributed by atoms with Crippen LogP contribution in [0.5, 0.6) is 0 Å². The zero-order chi connectivity index (χ0) is 17.0. The second-order valence-electron chi connectivity index (χ2n) is 5.69. The lowest BCUT2D eigenvalue weighted by atomic mass is 9.94. The van der Waals surface area contributed by atoms with E-state index in [1.807, 2.05) is 20.1 Å². The average molecular weight is 354 g/mol. The van der Waals surface area contributed by atoms with Crippen LogP contribution < -0.4 is 5.32 Å². The van der Waals surface area contributed by atoms with E-state index < -0.39 is 5.54 Å². The van der Waals surface area contributed by atoms with Crippen LogP contribution in [0.4, 0.5) is 4.39 Å². The summed E-state index contributed by atoms with van der Waals surface area (Å²) in [4.78, 5) is 20.6. The van der Waals surface area contributed by atoms with Crippen molar-refractivity contribution in [1.29, 1.82) is 0 Å². The molecule has 1 amide bonds. The molecule has 0 aliphatic heterocycles. The summed E-state index contributed by atoms with van der Waals surface area (Å²) in [6, 6.07) is 6.21. The number of carbonyl (C=O) groups is 1. The Morgan fingerprint density at radius 3 is 2.61 bits per heavy atom. The normalized spacial score (nSPS) is 11.3. The van der Waals surface area contributed by atoms with Crippen molar-refractivity contribution in [3.8, 4) is 0 Å². The van der Waals surface area contributed by atoms with Gasteiger partial charge in [0.05, 0.1) is 11.2 Å². The predicted octanol–water partition coefficient (Wildman–Crippen LogP) is 3.74. The zero-order valence-electron chi connectivity index (χ0n) is 13.1. The summed E-state index contributed by atoms with van der Waals surface area (Å²) >= 11 is 7.35. The predicted molar refractivity (Wildman–Crippen MR) is 90.5 cm³/mol. The number of aromatic nitrogens is 2. The molecule has 0 unspecified atom stereocenters. The Morgan fingerprint density at radius 2 is 2.00 bits per heavy atom. The first-order valence-electron chi connectivity index (χ1n) is 6.94. The third-order valence-corrected chi connectivity index (χ3v) is 3.97. The summed E-state index contributed by atoms with van der Waals surface area (Å²) in [6.45, 7) is 3.78. The Hall–Kier alpha value is -1.66. The summed E-state index contributed by atoms with van der Waals surface area (Å²) in [5.74, 6) is -0.646. The number of thioether (sulfide) groups is 1. The molecule has 1 aromatic heterocycles. The SMILES string of the molecule is CSc1ncc(Cl)c(C(=O)NC(C)(C)Cc2ccc(F)cc2)n1. The van der Waals surface area contributed by atoms with Crippen LogP contribution in [0.2, 0.25) is 5.02 Å². The first-order valence-corrected chi connectivity index (χ1v) is 8.54. The maximum absolute atomic E-state index is 13.0. The number of nitrogens with one attached hydrogen (secondary N) is 1. The largest absolute Gasteiger partial charge is 0.345 e. The summed E-state index contributed by atoms with van der Waals surface area (Å²) in [7, 11) is 0. The molecule has 1 heterocycles. The van der Waals surface area contributed by atoms with Crippen LogP contribution in [0.15, 0.2) is 35.6 Å². The van der Waals surface area contributed by atoms with Gasteiger partial charge in [-0.15, -0.1) is 0 Å². The van der Waals surface area contributed by atoms with Crippen molar-refractivity contribution in [3.05, 3.63) is 52.6 Å². The second-order valence-corrected chi connectivity index (χ2v) is 6.88. The van der Waals surface area contributed by atoms with Gasteiger partial charge in [0.1, 0.15) is 5.82 Å². The van der Waals surface area contributed by atoms with Gasteiger partial charge in [-0.05, 0) is 44.2 Å². The molecule has 2 aromatic rings. The highest BCUT2D eigenvalue weighted by molar-refractivity contribution is 7.98. The lowest BCUT2D eigenvalue weighted by Gasteiger charge is -2.26. The topological polar surface area (TPSA) is 54.9 Å². The highest BCUT2D eigenvalue weighted by Crippen LogP contribution is 2.19. The number of nitrogens with zero attached hydrogens (tertiary/aromatic N) is 2. The van der Waals surface area contributed by atoms with Gasteiger partial charge >= 0.3 is 0 Å². The van der Waals surface area contributed by atoms with Crippen molar-refractivity contribution in [2.75, 3.05) is 6.26 Å². The number of carbonyl (C=O) groups excluding carboxylic acids is 1. The lowest BCUT2D eigenvalue weighted by Crippen LogP contribution is -2.45. The third kappa shape index (κ3) is 4.91. The molecule has 0 saturated heterocycles. The molecule has 0 bridgehead atoms. The van der Waals surface area contributed by atoms with Gasteiger partial charge in [-0.2, -0.15) is 0 Å². The van der Waals surface area contributed by atoms with Crippen molar-refractivity contribution in [1.82, 2.24) is 15.3 Å². The number of rotatable bonds is 5. The van der Waals surface area contributed by atoms with Crippen molar-refractivity contribution >= 4 is 29.3 Å². The summed E-state index contributed by atoms with van der Waals surface area (Å²) in [6.07, 6.45) is 3.79. The average Bonchev–Trinajstić information content (AvgIpc) is 2.49. The second kappa shape index (κ2) is 7.27. The molecule has 7 heteroatoms. The monoisotopic (exact) mass is 353 g/mol. The van der Waals surface area contributed by atoms with Gasteiger partial charge < -0.3 is 5.32 Å². The van der Waals surface area contributed by atoms with Crippen LogP contribution in [0.3, 0.4) is 0 Å². The Bertz CT molecular complexity index is 707. The molecule has 0 saturated carbocycles. The van der Waals surface area contributed by atoms with Gasteiger partial charge in [-0.1, -0.05) is 35.5 Å². The van der Waals surface area contributed by atoms with Gasteiger partial charge in [0.2, 0.25) is 0 Å². The smallest absolute Gasteiger partial charge is 0.272 e. The van der Waals surface area contributed by atoms with E-state index in [1.165, 1.54) is 30.1 Å². The fourth-order valence-electron chi connectivity index (χ4n) is 2.13. The molecule has 2 rings (SSSR count). The molecule has 0 aliphatic rings. The van der Waals surface area contributed by atoms with Crippen molar-refractivity contribution in [3.63, 3.8) is 0 Å². The summed E-state index contributed by atoms with van der Waals surface area (Å²) in [5, 5.41) is 3.60. The van der Waals surface area contributed by atoms with E-state index in [0.29, 0.717) is 11.6 Å². The number of hydrogen-bond acceptors (Lipinski definition) is 4. The zero-order valence-corrected chi connectivity index (χ0v) is 14.6. The van der Waals surface area contributed by atoms with Gasteiger partial charge in [0.25, 0.3) is 5.91 Å². The molecule has 122 valence electrons. The molecular weight excluding hydrogens is 337 g/mol. The van der Waals surface area contributed by atoms with E-state index in [0.717, 1.165) is 5.56 Å². The number of halogens is 2. The molecule has 0 fully saturated rings. The van der Waals surface area contributed by atoms with Crippen LogP contribution in [0.25, 0.3) is 0 Å². The van der Waals surface area contributed by atoms with Crippen LogP contribution in [-0.2, 0) is 6.42 Å². The lowest BCUT2D eigenvalue weighted by molar-refractivity contribution is 0.0907. The fourth-order valence-corrected chi connectivity index (χ4v) is 2.65. The Labute approximate surface area is 143 Å². The van der Waals surface area contributed by atoms with E-state index in [9.17, 15) is 9.18 Å². The van der Waals surface area contributed by atoms with Crippen LogP contribution in [-0.4, -0.2) is 27.7 Å². The Morgan fingerprint density at radius 1 is 1.35 bits per heavy atom. The van der Waals surface area contributed by atoms with Gasteiger partial charge in [0.15, 0.2) is 10.9 Å². The number of benzene rings is 1. The van der Waals surface area contributed by atoms with Crippen molar-refractivity contribution < 1.29 is 9.18 Å². The molecule has 0 aliphatic carbocycles. The van der Waals surface area contributed by atoms with E-state index in [2.05, 4.69) is 15.3 Å². The fraction of sp³-hybridized carbons (Fsp3) is 0.312. The van der Waals surface area contributed by atoms with Crippen LogP contribution in [0.1, 0.15) is 29.9 Å². The van der Waals surface area contributed by atoms with Crippen LogP contribution >= 0.6 is 23.4 Å². The minimum atomic E-state index is -0.539. The highest BCUT2D eigenvalue weighted by atomic mass is 35.5. The number of hydrogen-bond donors (Lipinski definition) is 1. The minimum absolute atomic E-state index is 0.151. The molecule has 1 aromatic carbocycles. The van der Waals surface area contributed by atoms with E-state index in [-0.39, 0.29) is 22.4 Å². The minimum Gasteiger partial charge on any atom is -0.345 e. The third-order valence-electron chi connectivity index (χ3n) is 3.13.